The van der Waals surface area contributed by atoms with E-state index < -0.39 is 22.6 Å². The van der Waals surface area contributed by atoms with E-state index in [4.69, 9.17) is 4.74 Å². The average Bonchev–Trinajstić information content (AvgIpc) is 2.67. The lowest BCUT2D eigenvalue weighted by Gasteiger charge is -2.20. The second-order valence-electron chi connectivity index (χ2n) is 6.10. The van der Waals surface area contributed by atoms with Crippen molar-refractivity contribution in [2.75, 3.05) is 21.3 Å². The average molecular weight is 429 g/mol. The molecular formula is C19H21F2NO6S. The molecule has 0 atom stereocenters. The normalized spacial score (nSPS) is 11.6. The lowest BCUT2D eigenvalue weighted by molar-refractivity contribution is -0.0512. The van der Waals surface area contributed by atoms with Gasteiger partial charge in [-0.3, -0.25) is 0 Å². The number of hydrogen-bond donors (Lipinski definition) is 0. The summed E-state index contributed by atoms with van der Waals surface area (Å²) >= 11 is 0. The van der Waals surface area contributed by atoms with Crippen molar-refractivity contribution < 1.29 is 36.2 Å². The van der Waals surface area contributed by atoms with Gasteiger partial charge < -0.3 is 14.2 Å². The Balaban J connectivity index is 2.28. The lowest BCUT2D eigenvalue weighted by Crippen LogP contribution is -2.27. The van der Waals surface area contributed by atoms with Gasteiger partial charge in [0.1, 0.15) is 0 Å². The third kappa shape index (κ3) is 5.21. The molecule has 0 amide bonds. The summed E-state index contributed by atoms with van der Waals surface area (Å²) in [5.41, 5.74) is 1.14. The molecule has 0 saturated carbocycles. The largest absolute Gasteiger partial charge is 0.493 e. The first-order valence-corrected chi connectivity index (χ1v) is 9.81. The van der Waals surface area contributed by atoms with Crippen LogP contribution in [0.4, 0.5) is 8.78 Å². The van der Waals surface area contributed by atoms with Gasteiger partial charge in [-0.05, 0) is 48.4 Å². The maximum atomic E-state index is 12.9. The van der Waals surface area contributed by atoms with Crippen LogP contribution in [0.15, 0.2) is 41.3 Å². The van der Waals surface area contributed by atoms with E-state index in [1.54, 1.807) is 6.92 Å². The highest BCUT2D eigenvalue weighted by Gasteiger charge is 2.24. The van der Waals surface area contributed by atoms with Crippen molar-refractivity contribution >= 4 is 16.0 Å². The fraction of sp³-hybridized carbons (Fsp3) is 0.316. The molecule has 0 saturated heterocycles. The third-order valence-electron chi connectivity index (χ3n) is 4.13. The van der Waals surface area contributed by atoms with Crippen molar-refractivity contribution in [1.82, 2.24) is 4.31 Å². The zero-order valence-corrected chi connectivity index (χ0v) is 17.1. The van der Waals surface area contributed by atoms with Gasteiger partial charge in [0, 0.05) is 13.6 Å². The van der Waals surface area contributed by atoms with Crippen molar-refractivity contribution in [3.63, 3.8) is 0 Å². The summed E-state index contributed by atoms with van der Waals surface area (Å²) in [6.07, 6.45) is 0. The minimum atomic E-state index is -3.88. The van der Waals surface area contributed by atoms with E-state index in [1.807, 2.05) is 0 Å². The van der Waals surface area contributed by atoms with Crippen LogP contribution in [0.25, 0.3) is 0 Å². The number of hydrogen-bond acceptors (Lipinski definition) is 6. The molecule has 0 fully saturated rings. The van der Waals surface area contributed by atoms with Crippen LogP contribution < -0.4 is 9.47 Å². The molecule has 0 aliphatic rings. The number of nitrogens with zero attached hydrogens (tertiary/aromatic N) is 1. The van der Waals surface area contributed by atoms with Crippen molar-refractivity contribution in [2.24, 2.45) is 0 Å². The molecule has 2 aromatic rings. The van der Waals surface area contributed by atoms with Gasteiger partial charge >= 0.3 is 12.6 Å². The molecule has 0 aliphatic heterocycles. The van der Waals surface area contributed by atoms with Gasteiger partial charge in [-0.25, -0.2) is 13.2 Å². The van der Waals surface area contributed by atoms with Crippen LogP contribution in [0, 0.1) is 6.92 Å². The van der Waals surface area contributed by atoms with Crippen LogP contribution in [0.3, 0.4) is 0 Å². The number of aryl methyl sites for hydroxylation is 1. The molecule has 0 bridgehead atoms. The molecule has 0 radical (unpaired) electrons. The Kier molecular flexibility index (Phi) is 7.15. The maximum absolute atomic E-state index is 12.9. The van der Waals surface area contributed by atoms with E-state index in [0.717, 1.165) is 4.31 Å². The number of esters is 1. The molecule has 0 N–H and O–H groups in total. The number of halogens is 2. The first-order chi connectivity index (χ1) is 13.6. The highest BCUT2D eigenvalue weighted by Crippen LogP contribution is 2.30. The maximum Gasteiger partial charge on any atom is 0.387 e. The molecule has 2 aromatic carbocycles. The fourth-order valence-corrected chi connectivity index (χ4v) is 4.06. The highest BCUT2D eigenvalue weighted by molar-refractivity contribution is 7.89. The van der Waals surface area contributed by atoms with E-state index >= 15 is 0 Å². The number of sulfonamides is 1. The molecule has 0 aromatic heterocycles. The van der Waals surface area contributed by atoms with Gasteiger partial charge in [-0.1, -0.05) is 6.07 Å². The zero-order valence-electron chi connectivity index (χ0n) is 16.3. The second kappa shape index (κ2) is 9.19. The van der Waals surface area contributed by atoms with Crippen LogP contribution in [0.5, 0.6) is 11.5 Å². The van der Waals surface area contributed by atoms with Gasteiger partial charge in [0.15, 0.2) is 11.5 Å². The summed E-state index contributed by atoms with van der Waals surface area (Å²) in [6, 6.07) is 8.34. The minimum absolute atomic E-state index is 0.0359. The van der Waals surface area contributed by atoms with Crippen LogP contribution >= 0.6 is 0 Å². The molecule has 0 unspecified atom stereocenters. The minimum Gasteiger partial charge on any atom is -0.493 e. The van der Waals surface area contributed by atoms with Crippen molar-refractivity contribution in [1.29, 1.82) is 0 Å². The number of benzene rings is 2. The summed E-state index contributed by atoms with van der Waals surface area (Å²) in [4.78, 5) is 11.6. The monoisotopic (exact) mass is 429 g/mol. The summed E-state index contributed by atoms with van der Waals surface area (Å²) in [5.74, 6) is -0.651. The molecule has 0 heterocycles. The van der Waals surface area contributed by atoms with E-state index in [-0.39, 0.29) is 28.5 Å². The number of alkyl halides is 2. The SMILES string of the molecule is COC(=O)c1ccc(S(=O)(=O)N(C)Cc2ccc(OC(F)F)c(OC)c2)c(C)c1. The quantitative estimate of drug-likeness (QED) is 0.600. The van der Waals surface area contributed by atoms with Crippen LogP contribution in [-0.2, 0) is 21.3 Å². The first-order valence-electron chi connectivity index (χ1n) is 8.37. The number of rotatable bonds is 8. The molecular weight excluding hydrogens is 408 g/mol. The predicted molar refractivity (Wildman–Crippen MR) is 101 cm³/mol. The Hall–Kier alpha value is -2.72. The first kappa shape index (κ1) is 22.6. The molecule has 10 heteroatoms. The van der Waals surface area contributed by atoms with Crippen LogP contribution in [0.1, 0.15) is 21.5 Å². The van der Waals surface area contributed by atoms with E-state index in [2.05, 4.69) is 9.47 Å². The van der Waals surface area contributed by atoms with Gasteiger partial charge in [0.25, 0.3) is 0 Å². The Bertz CT molecular complexity index is 994. The summed E-state index contributed by atoms with van der Waals surface area (Å²) in [5, 5.41) is 0. The van der Waals surface area contributed by atoms with Crippen molar-refractivity contribution in [3.8, 4) is 11.5 Å². The molecule has 7 nitrogen and oxygen atoms in total. The highest BCUT2D eigenvalue weighted by atomic mass is 32.2. The topological polar surface area (TPSA) is 82.1 Å². The number of ether oxygens (including phenoxy) is 3. The number of carbonyl (C=O) groups is 1. The van der Waals surface area contributed by atoms with Crippen LogP contribution in [-0.4, -0.2) is 46.6 Å². The smallest absolute Gasteiger partial charge is 0.387 e. The van der Waals surface area contributed by atoms with Gasteiger partial charge in [0.05, 0.1) is 24.7 Å². The molecule has 2 rings (SSSR count). The van der Waals surface area contributed by atoms with Crippen LogP contribution in [0.2, 0.25) is 0 Å². The molecule has 158 valence electrons. The number of carbonyl (C=O) groups excluding carboxylic acids is 1. The fourth-order valence-electron chi connectivity index (χ4n) is 2.70. The summed E-state index contributed by atoms with van der Waals surface area (Å²) in [6.45, 7) is -1.47. The summed E-state index contributed by atoms with van der Waals surface area (Å²) < 4.78 is 65.9. The van der Waals surface area contributed by atoms with Gasteiger partial charge in [-0.2, -0.15) is 13.1 Å². The summed E-state index contributed by atoms with van der Waals surface area (Å²) in [7, 11) is 0.0452. The second-order valence-corrected chi connectivity index (χ2v) is 8.11. The lowest BCUT2D eigenvalue weighted by atomic mass is 10.1. The zero-order chi connectivity index (χ0) is 21.8. The third-order valence-corrected chi connectivity index (χ3v) is 6.10. The van der Waals surface area contributed by atoms with Gasteiger partial charge in [0.2, 0.25) is 10.0 Å². The number of methoxy groups -OCH3 is 2. The Morgan fingerprint density at radius 1 is 1.10 bits per heavy atom. The predicted octanol–water partition coefficient (Wildman–Crippen LogP) is 3.21. The Morgan fingerprint density at radius 3 is 2.34 bits per heavy atom. The Labute approximate surface area is 167 Å². The van der Waals surface area contributed by atoms with E-state index in [9.17, 15) is 22.0 Å². The molecule has 29 heavy (non-hydrogen) atoms. The van der Waals surface area contributed by atoms with Crippen molar-refractivity contribution in [2.45, 2.75) is 25.0 Å². The molecule has 0 spiro atoms. The van der Waals surface area contributed by atoms with Gasteiger partial charge in [-0.15, -0.1) is 0 Å². The van der Waals surface area contributed by atoms with Crippen molar-refractivity contribution in [3.05, 3.63) is 53.1 Å². The Morgan fingerprint density at radius 2 is 1.79 bits per heavy atom. The van der Waals surface area contributed by atoms with E-state index in [0.29, 0.717) is 11.1 Å². The standard InChI is InChI=1S/C19H21F2NO6S/c1-12-9-14(18(23)27-4)6-8-17(12)29(24,25)22(2)11-13-5-7-15(28-19(20)21)16(10-13)26-3/h5-10,19H,11H2,1-4H3. The molecule has 0 aliphatic carbocycles. The van der Waals surface area contributed by atoms with E-state index in [1.165, 1.54) is 57.7 Å².